The predicted molar refractivity (Wildman–Crippen MR) is 75.5 cm³/mol. The Morgan fingerprint density at radius 1 is 1.65 bits per heavy atom. The molecule has 20 heavy (non-hydrogen) atoms. The van der Waals surface area contributed by atoms with Crippen LogP contribution in [0.15, 0.2) is 18.3 Å². The van der Waals surface area contributed by atoms with Crippen molar-refractivity contribution in [1.82, 2.24) is 10.3 Å². The van der Waals surface area contributed by atoms with Crippen LogP contribution in [0.5, 0.6) is 0 Å². The van der Waals surface area contributed by atoms with Crippen LogP contribution in [0.1, 0.15) is 25.5 Å². The number of amides is 1. The number of hydrogen-bond acceptors (Lipinski definition) is 5. The molecule has 0 aliphatic carbocycles. The number of anilines is 1. The molecule has 1 aliphatic rings. The average Bonchev–Trinajstić information content (AvgIpc) is 2.47. The van der Waals surface area contributed by atoms with E-state index < -0.39 is 6.10 Å². The number of carbonyl (C=O) groups is 1. The number of nitrogens with one attached hydrogen (secondary N) is 1. The summed E-state index contributed by atoms with van der Waals surface area (Å²) in [6.07, 6.45) is 1.10. The van der Waals surface area contributed by atoms with Crippen molar-refractivity contribution in [2.45, 2.75) is 26.0 Å². The lowest BCUT2D eigenvalue weighted by Gasteiger charge is -2.35. The highest BCUT2D eigenvalue weighted by molar-refractivity contribution is 5.85. The minimum absolute atomic E-state index is 0.0476. The van der Waals surface area contributed by atoms with Gasteiger partial charge in [-0.2, -0.15) is 0 Å². The molecule has 0 spiro atoms. The Kier molecular flexibility index (Phi) is 4.92. The van der Waals surface area contributed by atoms with Crippen LogP contribution in [0.2, 0.25) is 0 Å². The van der Waals surface area contributed by atoms with Crippen molar-refractivity contribution in [3.05, 3.63) is 23.9 Å². The van der Waals surface area contributed by atoms with Crippen molar-refractivity contribution >= 4 is 11.7 Å². The van der Waals surface area contributed by atoms with Gasteiger partial charge >= 0.3 is 0 Å². The Morgan fingerprint density at radius 2 is 2.45 bits per heavy atom. The lowest BCUT2D eigenvalue weighted by atomic mass is 10.1. The first kappa shape index (κ1) is 14.7. The SMILES string of the molecule is CCNC(=O)C1COCCN1c1ccc([C@@H](C)O)cn1. The summed E-state index contributed by atoms with van der Waals surface area (Å²) in [5.74, 6) is 0.683. The zero-order chi connectivity index (χ0) is 14.5. The van der Waals surface area contributed by atoms with Gasteiger partial charge in [-0.25, -0.2) is 4.98 Å². The summed E-state index contributed by atoms with van der Waals surface area (Å²) in [4.78, 5) is 18.3. The maximum Gasteiger partial charge on any atom is 0.245 e. The largest absolute Gasteiger partial charge is 0.389 e. The molecule has 0 bridgehead atoms. The highest BCUT2D eigenvalue weighted by Crippen LogP contribution is 2.19. The van der Waals surface area contributed by atoms with Crippen molar-refractivity contribution < 1.29 is 14.6 Å². The molecule has 1 amide bonds. The standard InChI is InChI=1S/C14H21N3O3/c1-3-15-14(19)12-9-20-7-6-17(12)13-5-4-11(8-16-13)10(2)18/h4-5,8,10,12,18H,3,6-7,9H2,1-2H3,(H,15,19)/t10-,12?/m1/s1. The number of morpholine rings is 1. The summed E-state index contributed by atoms with van der Waals surface area (Å²) in [5.41, 5.74) is 0.761. The van der Waals surface area contributed by atoms with E-state index in [1.54, 1.807) is 13.1 Å². The quantitative estimate of drug-likeness (QED) is 0.838. The molecule has 1 aromatic rings. The van der Waals surface area contributed by atoms with E-state index in [1.165, 1.54) is 0 Å². The van der Waals surface area contributed by atoms with Gasteiger partial charge in [0.05, 0.1) is 19.3 Å². The van der Waals surface area contributed by atoms with Crippen LogP contribution in [0.25, 0.3) is 0 Å². The number of aromatic nitrogens is 1. The molecule has 1 aromatic heterocycles. The topological polar surface area (TPSA) is 74.7 Å². The monoisotopic (exact) mass is 279 g/mol. The second kappa shape index (κ2) is 6.67. The van der Waals surface area contributed by atoms with E-state index in [1.807, 2.05) is 24.0 Å². The number of nitrogens with zero attached hydrogens (tertiary/aromatic N) is 2. The molecule has 110 valence electrons. The number of aliphatic hydroxyl groups is 1. The molecule has 6 heteroatoms. The molecule has 0 radical (unpaired) electrons. The Balaban J connectivity index is 2.16. The van der Waals surface area contributed by atoms with Crippen molar-refractivity contribution in [3.63, 3.8) is 0 Å². The Labute approximate surface area is 118 Å². The second-order valence-electron chi connectivity index (χ2n) is 4.80. The molecule has 1 saturated heterocycles. The van der Waals surface area contributed by atoms with Crippen LogP contribution in [-0.4, -0.2) is 48.3 Å². The third-order valence-electron chi connectivity index (χ3n) is 3.33. The summed E-state index contributed by atoms with van der Waals surface area (Å²) in [5, 5.41) is 12.3. The maximum absolute atomic E-state index is 12.1. The molecular formula is C14H21N3O3. The highest BCUT2D eigenvalue weighted by Gasteiger charge is 2.30. The van der Waals surface area contributed by atoms with Gasteiger partial charge in [-0.1, -0.05) is 6.07 Å². The number of rotatable bonds is 4. The molecule has 0 saturated carbocycles. The number of ether oxygens (including phenoxy) is 1. The molecular weight excluding hydrogens is 258 g/mol. The van der Waals surface area contributed by atoms with Crippen molar-refractivity contribution in [2.24, 2.45) is 0 Å². The molecule has 2 N–H and O–H groups in total. The molecule has 1 fully saturated rings. The number of pyridine rings is 1. The molecule has 6 nitrogen and oxygen atoms in total. The molecule has 1 unspecified atom stereocenters. The van der Waals surface area contributed by atoms with Crippen LogP contribution in [-0.2, 0) is 9.53 Å². The highest BCUT2D eigenvalue weighted by atomic mass is 16.5. The van der Waals surface area contributed by atoms with Gasteiger partial charge in [0, 0.05) is 19.3 Å². The second-order valence-corrected chi connectivity index (χ2v) is 4.80. The average molecular weight is 279 g/mol. The summed E-state index contributed by atoms with van der Waals surface area (Å²) in [7, 11) is 0. The maximum atomic E-state index is 12.1. The number of carbonyl (C=O) groups excluding carboxylic acids is 1. The van der Waals surface area contributed by atoms with E-state index >= 15 is 0 Å². The first-order chi connectivity index (χ1) is 9.63. The minimum atomic E-state index is -0.541. The number of aliphatic hydroxyl groups excluding tert-OH is 1. The molecule has 0 aromatic carbocycles. The fraction of sp³-hybridized carbons (Fsp3) is 0.571. The lowest BCUT2D eigenvalue weighted by molar-refractivity contribution is -0.124. The van der Waals surface area contributed by atoms with Gasteiger partial charge in [-0.15, -0.1) is 0 Å². The molecule has 2 heterocycles. The number of hydrogen-bond donors (Lipinski definition) is 2. The summed E-state index contributed by atoms with van der Waals surface area (Å²) in [6.45, 7) is 5.76. The first-order valence-corrected chi connectivity index (χ1v) is 6.89. The van der Waals surface area contributed by atoms with E-state index in [9.17, 15) is 9.90 Å². The smallest absolute Gasteiger partial charge is 0.245 e. The zero-order valence-corrected chi connectivity index (χ0v) is 11.9. The van der Waals surface area contributed by atoms with Crippen LogP contribution in [0.3, 0.4) is 0 Å². The van der Waals surface area contributed by atoms with Gasteiger partial charge in [0.1, 0.15) is 11.9 Å². The Bertz CT molecular complexity index is 447. The van der Waals surface area contributed by atoms with Gasteiger partial charge < -0.3 is 20.1 Å². The fourth-order valence-electron chi connectivity index (χ4n) is 2.20. The van der Waals surface area contributed by atoms with E-state index in [0.717, 1.165) is 11.4 Å². The summed E-state index contributed by atoms with van der Waals surface area (Å²) in [6, 6.07) is 3.31. The van der Waals surface area contributed by atoms with Crippen LogP contribution in [0.4, 0.5) is 5.82 Å². The minimum Gasteiger partial charge on any atom is -0.389 e. The van der Waals surface area contributed by atoms with E-state index in [4.69, 9.17) is 4.74 Å². The Hall–Kier alpha value is -1.66. The normalized spacial score (nSPS) is 20.6. The predicted octanol–water partition coefficient (Wildman–Crippen LogP) is 0.476. The third-order valence-corrected chi connectivity index (χ3v) is 3.33. The first-order valence-electron chi connectivity index (χ1n) is 6.89. The van der Waals surface area contributed by atoms with Gasteiger partial charge in [0.2, 0.25) is 5.91 Å². The fourth-order valence-corrected chi connectivity index (χ4v) is 2.20. The Morgan fingerprint density at radius 3 is 3.05 bits per heavy atom. The van der Waals surface area contributed by atoms with Crippen LogP contribution >= 0.6 is 0 Å². The van der Waals surface area contributed by atoms with E-state index in [2.05, 4.69) is 10.3 Å². The summed E-state index contributed by atoms with van der Waals surface area (Å²) < 4.78 is 5.39. The zero-order valence-electron chi connectivity index (χ0n) is 11.9. The molecule has 1 aliphatic heterocycles. The van der Waals surface area contributed by atoms with E-state index in [-0.39, 0.29) is 11.9 Å². The number of likely N-dealkylation sites (N-methyl/N-ethyl adjacent to an activating group) is 1. The van der Waals surface area contributed by atoms with Crippen molar-refractivity contribution in [1.29, 1.82) is 0 Å². The third kappa shape index (κ3) is 3.26. The summed E-state index contributed by atoms with van der Waals surface area (Å²) >= 11 is 0. The van der Waals surface area contributed by atoms with Gasteiger partial charge in [0.15, 0.2) is 0 Å². The van der Waals surface area contributed by atoms with Crippen LogP contribution in [0, 0.1) is 0 Å². The van der Waals surface area contributed by atoms with Gasteiger partial charge in [0.25, 0.3) is 0 Å². The van der Waals surface area contributed by atoms with Crippen molar-refractivity contribution in [3.8, 4) is 0 Å². The molecule has 2 rings (SSSR count). The lowest BCUT2D eigenvalue weighted by Crippen LogP contribution is -2.54. The van der Waals surface area contributed by atoms with Gasteiger partial charge in [-0.3, -0.25) is 4.79 Å². The van der Waals surface area contributed by atoms with E-state index in [0.29, 0.717) is 26.3 Å². The van der Waals surface area contributed by atoms with Crippen LogP contribution < -0.4 is 10.2 Å². The van der Waals surface area contributed by atoms with Gasteiger partial charge in [-0.05, 0) is 25.5 Å². The molecule has 2 atom stereocenters. The van der Waals surface area contributed by atoms with Crippen molar-refractivity contribution in [2.75, 3.05) is 31.2 Å².